The first kappa shape index (κ1) is 66.1. The number of hydrogen-bond acceptors (Lipinski definition) is 16. The third-order valence-electron chi connectivity index (χ3n) is 13.6. The summed E-state index contributed by atoms with van der Waals surface area (Å²) >= 11 is 0. The molecule has 1 aromatic heterocycles. The van der Waals surface area contributed by atoms with Crippen molar-refractivity contribution in [2.24, 2.45) is 27.7 Å². The number of nitrogens with zero attached hydrogens (tertiary/aromatic N) is 4. The van der Waals surface area contributed by atoms with E-state index in [2.05, 4.69) is 49.4 Å². The molecule has 458 valence electrons. The van der Waals surface area contributed by atoms with Gasteiger partial charge in [-0.25, -0.2) is 14.4 Å². The number of rotatable bonds is 26. The molecular weight excluding hydrogens is 1120 g/mol. The topological polar surface area (TPSA) is 205 Å². The Balaban J connectivity index is 1.14. The lowest BCUT2D eigenvalue weighted by Crippen LogP contribution is -2.38. The van der Waals surface area contributed by atoms with E-state index >= 15 is 0 Å². The van der Waals surface area contributed by atoms with Gasteiger partial charge in [-0.3, -0.25) is 27.7 Å². The van der Waals surface area contributed by atoms with Gasteiger partial charge in [0.1, 0.15) is 40.9 Å². The zero-order chi connectivity index (χ0) is 62.2. The van der Waals surface area contributed by atoms with Crippen LogP contribution in [0.5, 0.6) is 23.0 Å². The van der Waals surface area contributed by atoms with E-state index in [1.54, 1.807) is 111 Å². The summed E-state index contributed by atoms with van der Waals surface area (Å²) in [4.78, 5) is 50.4. The van der Waals surface area contributed by atoms with Crippen LogP contribution in [0.2, 0.25) is 0 Å². The second-order valence-corrected chi connectivity index (χ2v) is 25.5. The number of aliphatic hydroxyl groups is 1. The maximum absolute atomic E-state index is 14.5. The summed E-state index contributed by atoms with van der Waals surface area (Å²) in [6.07, 6.45) is 0.304. The lowest BCUT2D eigenvalue weighted by atomic mass is 9.80. The molecule has 0 bridgehead atoms. The van der Waals surface area contributed by atoms with Crippen molar-refractivity contribution in [3.05, 3.63) is 177 Å². The molecule has 5 aromatic carbocycles. The van der Waals surface area contributed by atoms with Crippen molar-refractivity contribution in [2.45, 2.75) is 119 Å². The minimum Gasteiger partial charge on any atom is -0.497 e. The first-order chi connectivity index (χ1) is 40.9. The highest BCUT2D eigenvalue weighted by atomic mass is 31.2. The Morgan fingerprint density at radius 1 is 0.721 bits per heavy atom. The molecule has 0 radical (unpaired) electrons. The Labute approximate surface area is 505 Å². The summed E-state index contributed by atoms with van der Waals surface area (Å²) in [6, 6.07) is 38.1. The lowest BCUT2D eigenvalue weighted by molar-refractivity contribution is -0.143. The van der Waals surface area contributed by atoms with Crippen molar-refractivity contribution in [1.29, 1.82) is 0 Å². The van der Waals surface area contributed by atoms with Crippen molar-refractivity contribution in [3.63, 3.8) is 0 Å². The van der Waals surface area contributed by atoms with E-state index in [1.807, 2.05) is 78.9 Å². The predicted molar refractivity (Wildman–Crippen MR) is 328 cm³/mol. The maximum Gasteiger partial charge on any atom is 0.475 e. The quantitative estimate of drug-likeness (QED) is 0.00783. The average Bonchev–Trinajstić information content (AvgIpc) is 0.983. The number of aliphatic imine (C=N–C) groups is 1. The molecule has 18 nitrogen and oxygen atoms in total. The summed E-state index contributed by atoms with van der Waals surface area (Å²) < 4.78 is 69.2. The van der Waals surface area contributed by atoms with Crippen LogP contribution in [0, 0.1) is 34.5 Å². The SMILES string of the molecule is COc1ccc(C(OCC2OC(n3cc(C#CCCOP(=O)(OCc4ccc(OC(=O)C(C)(C)C)cc4)OCc4ccc(OC(=O)C(C)(C)C)cc4)c(N=CN(CC(C)C)CC(C)C)nc3=O)CC2O)(c2ccccc2)c2ccc(OC)cc2)cc1. The first-order valence-electron chi connectivity index (χ1n) is 28.8. The van der Waals surface area contributed by atoms with Gasteiger partial charge in [0, 0.05) is 32.1 Å². The second kappa shape index (κ2) is 29.8. The molecular formula is C67H81N4O14P. The molecule has 1 N–H and O–H groups in total. The van der Waals surface area contributed by atoms with Crippen LogP contribution >= 0.6 is 7.82 Å². The van der Waals surface area contributed by atoms with E-state index in [0.29, 0.717) is 59.1 Å². The largest absolute Gasteiger partial charge is 0.497 e. The van der Waals surface area contributed by atoms with Crippen molar-refractivity contribution in [2.75, 3.05) is 40.5 Å². The summed E-state index contributed by atoms with van der Waals surface area (Å²) in [5.74, 6) is 8.09. The third-order valence-corrected chi connectivity index (χ3v) is 15.0. The Morgan fingerprint density at radius 2 is 1.20 bits per heavy atom. The summed E-state index contributed by atoms with van der Waals surface area (Å²) in [5, 5.41) is 11.7. The van der Waals surface area contributed by atoms with Crippen molar-refractivity contribution in [3.8, 4) is 34.8 Å². The number of aromatic nitrogens is 2. The van der Waals surface area contributed by atoms with Crippen LogP contribution in [0.25, 0.3) is 0 Å². The van der Waals surface area contributed by atoms with Gasteiger partial charge in [0.05, 0.1) is 69.5 Å². The Bertz CT molecular complexity index is 3250. The molecule has 0 saturated carbocycles. The lowest BCUT2D eigenvalue weighted by Gasteiger charge is -2.37. The molecule has 2 heterocycles. The molecule has 0 aliphatic carbocycles. The van der Waals surface area contributed by atoms with Gasteiger partial charge in [0.25, 0.3) is 0 Å². The number of hydrogen-bond donors (Lipinski definition) is 1. The first-order valence-corrected chi connectivity index (χ1v) is 30.2. The highest BCUT2D eigenvalue weighted by Crippen LogP contribution is 2.51. The Hall–Kier alpha value is -7.46. The van der Waals surface area contributed by atoms with Crippen LogP contribution in [0.15, 0.2) is 143 Å². The number of esters is 2. The van der Waals surface area contributed by atoms with Gasteiger partial charge in [-0.15, -0.1) is 0 Å². The van der Waals surface area contributed by atoms with Crippen LogP contribution in [-0.2, 0) is 56.0 Å². The van der Waals surface area contributed by atoms with Gasteiger partial charge in [0.2, 0.25) is 0 Å². The smallest absolute Gasteiger partial charge is 0.475 e. The summed E-state index contributed by atoms with van der Waals surface area (Å²) in [6.45, 7) is 19.7. The third kappa shape index (κ3) is 18.3. The molecule has 3 atom stereocenters. The molecule has 7 rings (SSSR count). The summed E-state index contributed by atoms with van der Waals surface area (Å²) in [5.41, 5.74) is 0.569. The average molecular weight is 1200 g/mol. The van der Waals surface area contributed by atoms with Crippen molar-refractivity contribution < 1.29 is 61.3 Å². The van der Waals surface area contributed by atoms with Crippen molar-refractivity contribution in [1.82, 2.24) is 14.5 Å². The normalized spacial score (nSPS) is 15.6. The van der Waals surface area contributed by atoms with Gasteiger partial charge in [-0.1, -0.05) is 118 Å². The summed E-state index contributed by atoms with van der Waals surface area (Å²) in [7, 11) is -1.12. The van der Waals surface area contributed by atoms with E-state index in [-0.39, 0.29) is 50.7 Å². The van der Waals surface area contributed by atoms with Crippen LogP contribution in [0.1, 0.15) is 122 Å². The van der Waals surface area contributed by atoms with Gasteiger partial charge in [-0.2, -0.15) is 4.98 Å². The molecule has 6 aromatic rings. The van der Waals surface area contributed by atoms with E-state index in [9.17, 15) is 24.1 Å². The van der Waals surface area contributed by atoms with Gasteiger partial charge >= 0.3 is 25.5 Å². The number of phosphoric ester groups is 1. The van der Waals surface area contributed by atoms with Crippen LogP contribution in [-0.4, -0.2) is 90.6 Å². The fourth-order valence-corrected chi connectivity index (χ4v) is 10.2. The van der Waals surface area contributed by atoms with Crippen LogP contribution in [0.3, 0.4) is 0 Å². The maximum atomic E-state index is 14.5. The fraction of sp³-hybridized carbons (Fsp3) is 0.418. The number of aliphatic hydroxyl groups excluding tert-OH is 1. The highest BCUT2D eigenvalue weighted by Gasteiger charge is 2.42. The van der Waals surface area contributed by atoms with E-state index in [0.717, 1.165) is 16.7 Å². The van der Waals surface area contributed by atoms with Gasteiger partial charge < -0.3 is 38.4 Å². The van der Waals surface area contributed by atoms with Crippen LogP contribution < -0.4 is 24.6 Å². The van der Waals surface area contributed by atoms with E-state index < -0.39 is 60.3 Å². The molecule has 0 spiro atoms. The molecule has 3 unspecified atom stereocenters. The molecule has 1 aliphatic heterocycles. The van der Waals surface area contributed by atoms with Gasteiger partial charge in [0.15, 0.2) is 5.82 Å². The molecule has 1 saturated heterocycles. The molecule has 86 heavy (non-hydrogen) atoms. The molecule has 19 heteroatoms. The number of carbonyl (C=O) groups is 2. The molecule has 1 aliphatic rings. The Morgan fingerprint density at radius 3 is 1.66 bits per heavy atom. The number of ether oxygens (including phenoxy) is 6. The zero-order valence-corrected chi connectivity index (χ0v) is 52.2. The Kier molecular flexibility index (Phi) is 22.9. The van der Waals surface area contributed by atoms with Crippen LogP contribution in [0.4, 0.5) is 5.82 Å². The standard InChI is InChI=1S/C67H81N4O14P/c1-46(2)39-70(40-47(3)4)45-68-61-50(18-16-17-37-80-86(76,81-42-48-21-29-56(30-22-48)83-62(73)65(5,6)7)82-43-49-23-31-57(32-24-49)84-63(74)66(8,9)10)41-71(64(75)69-61)60-38-58(72)59(85-60)44-79-67(51-19-14-13-15-20-51,52-25-33-54(77-11)34-26-52)53-27-35-55(78-12)36-28-53/h13-15,19-36,41,45-47,58-60,72H,17,37-40,42-44H2,1-12H3. The molecule has 1 fully saturated rings. The fourth-order valence-electron chi connectivity index (χ4n) is 9.03. The monoisotopic (exact) mass is 1200 g/mol. The second-order valence-electron chi connectivity index (χ2n) is 23.8. The minimum absolute atomic E-state index is 0.0110. The zero-order valence-electron chi connectivity index (χ0n) is 51.3. The number of carbonyl (C=O) groups excluding carboxylic acids is 2. The minimum atomic E-state index is -4.33. The highest BCUT2D eigenvalue weighted by molar-refractivity contribution is 7.48. The number of phosphoric acid groups is 1. The number of methoxy groups -OCH3 is 2. The predicted octanol–water partition coefficient (Wildman–Crippen LogP) is 12.4. The van der Waals surface area contributed by atoms with E-state index in [4.69, 9.17) is 47.0 Å². The number of benzene rings is 5. The van der Waals surface area contributed by atoms with Gasteiger partial charge in [-0.05, 0) is 130 Å². The molecule has 0 amide bonds. The van der Waals surface area contributed by atoms with Crippen molar-refractivity contribution >= 4 is 31.9 Å². The van der Waals surface area contributed by atoms with E-state index in [1.165, 1.54) is 10.8 Å².